The summed E-state index contributed by atoms with van der Waals surface area (Å²) in [5.41, 5.74) is 0.866. The molecule has 0 atom stereocenters. The lowest BCUT2D eigenvalue weighted by Gasteiger charge is -2.12. The van der Waals surface area contributed by atoms with Gasteiger partial charge in [0.15, 0.2) is 0 Å². The highest BCUT2D eigenvalue weighted by atomic mass is 32.1. The molecule has 5 nitrogen and oxygen atoms in total. The predicted molar refractivity (Wildman–Crippen MR) is 99.7 cm³/mol. The first-order valence-electron chi connectivity index (χ1n) is 7.83. The second-order valence-electron chi connectivity index (χ2n) is 5.34. The van der Waals surface area contributed by atoms with Crippen molar-refractivity contribution in [2.75, 3.05) is 10.6 Å². The summed E-state index contributed by atoms with van der Waals surface area (Å²) < 4.78 is 29.3. The van der Waals surface area contributed by atoms with E-state index in [0.29, 0.717) is 16.3 Å². The molecule has 1 aromatic heterocycles. The monoisotopic (exact) mass is 388 g/mol. The fourth-order valence-electron chi connectivity index (χ4n) is 2.33. The largest absolute Gasteiger partial charge is 0.434 e. The van der Waals surface area contributed by atoms with E-state index in [1.807, 2.05) is 0 Å². The third kappa shape index (κ3) is 4.89. The molecule has 0 bridgehead atoms. The maximum absolute atomic E-state index is 12.5. The molecule has 3 aromatic rings. The number of benzene rings is 2. The quantitative estimate of drug-likeness (QED) is 0.634. The molecule has 1 heterocycles. The first kappa shape index (κ1) is 18.5. The molecule has 138 valence electrons. The highest BCUT2D eigenvalue weighted by Gasteiger charge is 2.16. The van der Waals surface area contributed by atoms with Crippen LogP contribution < -0.4 is 15.4 Å². The first-order chi connectivity index (χ1) is 13.0. The molecule has 0 aliphatic heterocycles. The van der Waals surface area contributed by atoms with Crippen LogP contribution in [-0.4, -0.2) is 18.4 Å². The van der Waals surface area contributed by atoms with Crippen molar-refractivity contribution in [3.05, 3.63) is 76.5 Å². The van der Waals surface area contributed by atoms with Gasteiger partial charge in [-0.3, -0.25) is 9.59 Å². The fourth-order valence-corrected chi connectivity index (χ4v) is 2.95. The van der Waals surface area contributed by atoms with E-state index in [2.05, 4.69) is 15.4 Å². The Balaban J connectivity index is 1.73. The summed E-state index contributed by atoms with van der Waals surface area (Å²) in [7, 11) is 0. The topological polar surface area (TPSA) is 67.4 Å². The van der Waals surface area contributed by atoms with Crippen LogP contribution in [0.3, 0.4) is 0 Å². The second kappa shape index (κ2) is 8.41. The maximum Gasteiger partial charge on any atom is 0.387 e. The fraction of sp³-hybridized carbons (Fsp3) is 0.0526. The van der Waals surface area contributed by atoms with Crippen LogP contribution in [0.1, 0.15) is 20.0 Å². The number of rotatable bonds is 6. The van der Waals surface area contributed by atoms with Crippen LogP contribution in [0.5, 0.6) is 5.75 Å². The minimum atomic E-state index is -3.03. The zero-order chi connectivity index (χ0) is 19.2. The van der Waals surface area contributed by atoms with E-state index in [-0.39, 0.29) is 17.2 Å². The van der Waals surface area contributed by atoms with Crippen LogP contribution in [0.25, 0.3) is 0 Å². The number of carbonyl (C=O) groups excluding carboxylic acids is 2. The Bertz CT molecular complexity index is 946. The van der Waals surface area contributed by atoms with E-state index in [9.17, 15) is 18.4 Å². The average Bonchev–Trinajstić information content (AvgIpc) is 3.17. The summed E-state index contributed by atoms with van der Waals surface area (Å²) in [6, 6.07) is 15.7. The van der Waals surface area contributed by atoms with Crippen LogP contribution in [0, 0.1) is 0 Å². The molecule has 0 radical (unpaired) electrons. The number of halogens is 2. The Morgan fingerprint density at radius 2 is 1.59 bits per heavy atom. The van der Waals surface area contributed by atoms with Gasteiger partial charge in [-0.25, -0.2) is 0 Å². The molecule has 0 unspecified atom stereocenters. The van der Waals surface area contributed by atoms with Crippen LogP contribution in [0.4, 0.5) is 20.2 Å². The SMILES string of the molecule is O=C(Nc1cccc(NC(=O)c2ccccc2OC(F)F)c1)c1cccs1. The zero-order valence-corrected chi connectivity index (χ0v) is 14.6. The van der Waals surface area contributed by atoms with E-state index >= 15 is 0 Å². The number of hydrogen-bond donors (Lipinski definition) is 2. The van der Waals surface area contributed by atoms with E-state index < -0.39 is 12.5 Å². The van der Waals surface area contributed by atoms with Crippen molar-refractivity contribution in [3.8, 4) is 5.75 Å². The van der Waals surface area contributed by atoms with Crippen molar-refractivity contribution in [3.63, 3.8) is 0 Å². The molecule has 0 aliphatic rings. The van der Waals surface area contributed by atoms with E-state index in [4.69, 9.17) is 0 Å². The number of carbonyl (C=O) groups is 2. The molecular weight excluding hydrogens is 374 g/mol. The maximum atomic E-state index is 12.5. The molecular formula is C19H14F2N2O3S. The second-order valence-corrected chi connectivity index (χ2v) is 6.29. The third-order valence-corrected chi connectivity index (χ3v) is 4.34. The molecule has 2 N–H and O–H groups in total. The summed E-state index contributed by atoms with van der Waals surface area (Å²) in [4.78, 5) is 25.1. The normalized spacial score (nSPS) is 10.5. The lowest BCUT2D eigenvalue weighted by atomic mass is 10.2. The molecule has 0 saturated heterocycles. The van der Waals surface area contributed by atoms with Crippen LogP contribution >= 0.6 is 11.3 Å². The van der Waals surface area contributed by atoms with Crippen molar-refractivity contribution >= 4 is 34.5 Å². The van der Waals surface area contributed by atoms with E-state index in [1.165, 1.54) is 29.5 Å². The van der Waals surface area contributed by atoms with Gasteiger partial charge in [0, 0.05) is 11.4 Å². The number of amides is 2. The van der Waals surface area contributed by atoms with Crippen molar-refractivity contribution in [1.29, 1.82) is 0 Å². The molecule has 2 amide bonds. The van der Waals surface area contributed by atoms with Gasteiger partial charge in [-0.15, -0.1) is 11.3 Å². The van der Waals surface area contributed by atoms with E-state index in [0.717, 1.165) is 0 Å². The predicted octanol–water partition coefficient (Wildman–Crippen LogP) is 4.85. The third-order valence-electron chi connectivity index (χ3n) is 3.47. The number of hydrogen-bond acceptors (Lipinski definition) is 4. The molecule has 0 spiro atoms. The van der Waals surface area contributed by atoms with Gasteiger partial charge < -0.3 is 15.4 Å². The van der Waals surface area contributed by atoms with Gasteiger partial charge in [0.25, 0.3) is 11.8 Å². The Kier molecular flexibility index (Phi) is 5.77. The Hall–Kier alpha value is -3.26. The number of nitrogens with one attached hydrogen (secondary N) is 2. The minimum absolute atomic E-state index is 0.0224. The zero-order valence-electron chi connectivity index (χ0n) is 13.8. The average molecular weight is 388 g/mol. The summed E-state index contributed by atoms with van der Waals surface area (Å²) in [5.74, 6) is -1.08. The van der Waals surface area contributed by atoms with Crippen molar-refractivity contribution in [2.24, 2.45) is 0 Å². The van der Waals surface area contributed by atoms with Crippen molar-refractivity contribution < 1.29 is 23.1 Å². The van der Waals surface area contributed by atoms with Crippen molar-refractivity contribution in [1.82, 2.24) is 0 Å². The van der Waals surface area contributed by atoms with Gasteiger partial charge in [0.1, 0.15) is 5.75 Å². The van der Waals surface area contributed by atoms with Crippen molar-refractivity contribution in [2.45, 2.75) is 6.61 Å². The van der Waals surface area contributed by atoms with Gasteiger partial charge >= 0.3 is 6.61 Å². The number of para-hydroxylation sites is 1. The minimum Gasteiger partial charge on any atom is -0.434 e. The number of alkyl halides is 2. The van der Waals surface area contributed by atoms with Crippen LogP contribution in [0.15, 0.2) is 66.0 Å². The van der Waals surface area contributed by atoms with Gasteiger partial charge in [-0.2, -0.15) is 8.78 Å². The van der Waals surface area contributed by atoms with Gasteiger partial charge in [0.05, 0.1) is 10.4 Å². The molecule has 0 aliphatic carbocycles. The molecule has 3 rings (SSSR count). The van der Waals surface area contributed by atoms with Crippen LogP contribution in [-0.2, 0) is 0 Å². The Morgan fingerprint density at radius 1 is 0.889 bits per heavy atom. The highest BCUT2D eigenvalue weighted by molar-refractivity contribution is 7.12. The Morgan fingerprint density at radius 3 is 2.26 bits per heavy atom. The van der Waals surface area contributed by atoms with Crippen LogP contribution in [0.2, 0.25) is 0 Å². The smallest absolute Gasteiger partial charge is 0.387 e. The lowest BCUT2D eigenvalue weighted by Crippen LogP contribution is -2.15. The summed E-state index contributed by atoms with van der Waals surface area (Å²) in [6.45, 7) is -3.03. The lowest BCUT2D eigenvalue weighted by molar-refractivity contribution is -0.0501. The number of anilines is 2. The summed E-state index contributed by atoms with van der Waals surface area (Å²) >= 11 is 1.31. The molecule has 8 heteroatoms. The number of thiophene rings is 1. The standard InChI is InChI=1S/C19H14F2N2O3S/c20-19(21)26-15-8-2-1-7-14(15)17(24)22-12-5-3-6-13(11-12)23-18(25)16-9-4-10-27-16/h1-11,19H,(H,22,24)(H,23,25). The number of ether oxygens (including phenoxy) is 1. The van der Waals surface area contributed by atoms with E-state index in [1.54, 1.807) is 47.8 Å². The highest BCUT2D eigenvalue weighted by Crippen LogP contribution is 2.23. The molecule has 2 aromatic carbocycles. The summed E-state index contributed by atoms with van der Waals surface area (Å²) in [5, 5.41) is 7.14. The van der Waals surface area contributed by atoms with Gasteiger partial charge in [0.2, 0.25) is 0 Å². The van der Waals surface area contributed by atoms with Gasteiger partial charge in [-0.05, 0) is 41.8 Å². The van der Waals surface area contributed by atoms with Gasteiger partial charge in [-0.1, -0.05) is 24.3 Å². The first-order valence-corrected chi connectivity index (χ1v) is 8.71. The molecule has 0 fully saturated rings. The molecule has 0 saturated carbocycles. The summed E-state index contributed by atoms with van der Waals surface area (Å²) in [6.07, 6.45) is 0. The Labute approximate surface area is 157 Å². The molecule has 27 heavy (non-hydrogen) atoms.